The first-order valence-corrected chi connectivity index (χ1v) is 6.27. The van der Waals surface area contributed by atoms with Gasteiger partial charge in [-0.3, -0.25) is 0 Å². The van der Waals surface area contributed by atoms with Crippen LogP contribution >= 0.6 is 34.5 Å². The largest absolute Gasteiger partial charge is 0.207 e. The first-order chi connectivity index (χ1) is 6.98. The molecule has 2 rings (SSSR count). The SMILES string of the molecule is CC(C)(C)c1nnsc1-c1nnc(Cl)s1. The van der Waals surface area contributed by atoms with Gasteiger partial charge in [0.2, 0.25) is 4.47 Å². The lowest BCUT2D eigenvalue weighted by Crippen LogP contribution is -2.12. The van der Waals surface area contributed by atoms with E-state index in [9.17, 15) is 0 Å². The first-order valence-electron chi connectivity index (χ1n) is 4.30. The zero-order valence-electron chi connectivity index (χ0n) is 8.48. The van der Waals surface area contributed by atoms with Crippen molar-refractivity contribution in [3.05, 3.63) is 10.2 Å². The Labute approximate surface area is 100 Å². The summed E-state index contributed by atoms with van der Waals surface area (Å²) in [5, 5.41) is 12.7. The van der Waals surface area contributed by atoms with Crippen LogP contribution in [0.4, 0.5) is 0 Å². The fourth-order valence-corrected chi connectivity index (χ4v) is 2.88. The van der Waals surface area contributed by atoms with E-state index in [0.29, 0.717) is 4.47 Å². The lowest BCUT2D eigenvalue weighted by molar-refractivity contribution is 0.568. The van der Waals surface area contributed by atoms with Gasteiger partial charge in [0.25, 0.3) is 0 Å². The highest BCUT2D eigenvalue weighted by Gasteiger charge is 2.25. The van der Waals surface area contributed by atoms with E-state index < -0.39 is 0 Å². The Kier molecular flexibility index (Phi) is 2.74. The zero-order chi connectivity index (χ0) is 11.1. The standard InChI is InChI=1S/C8H9ClN4S2/c1-8(2,3)5-4(15-13-10-5)6-11-12-7(9)14-6/h1-3H3. The lowest BCUT2D eigenvalue weighted by atomic mass is 9.91. The third-order valence-corrected chi connectivity index (χ3v) is 3.69. The highest BCUT2D eigenvalue weighted by atomic mass is 35.5. The van der Waals surface area contributed by atoms with Gasteiger partial charge in [0.05, 0.1) is 5.69 Å². The average molecular weight is 261 g/mol. The Morgan fingerprint density at radius 3 is 2.40 bits per heavy atom. The van der Waals surface area contributed by atoms with Gasteiger partial charge < -0.3 is 0 Å². The lowest BCUT2D eigenvalue weighted by Gasteiger charge is -2.15. The van der Waals surface area contributed by atoms with E-state index in [4.69, 9.17) is 11.6 Å². The third-order valence-electron chi connectivity index (χ3n) is 1.79. The summed E-state index contributed by atoms with van der Waals surface area (Å²) < 4.78 is 4.40. The van der Waals surface area contributed by atoms with Crippen LogP contribution in [0.3, 0.4) is 0 Å². The number of aromatic nitrogens is 4. The van der Waals surface area contributed by atoms with E-state index in [1.807, 2.05) is 0 Å². The summed E-state index contributed by atoms with van der Waals surface area (Å²) in [6, 6.07) is 0. The molecule has 0 fully saturated rings. The number of halogens is 1. The molecule has 0 aliphatic carbocycles. The summed E-state index contributed by atoms with van der Waals surface area (Å²) in [6.07, 6.45) is 0. The van der Waals surface area contributed by atoms with Crippen LogP contribution in [0.1, 0.15) is 26.5 Å². The second-order valence-electron chi connectivity index (χ2n) is 4.06. The Balaban J connectivity index is 2.50. The first kappa shape index (κ1) is 10.9. The molecule has 0 N–H and O–H groups in total. The summed E-state index contributed by atoms with van der Waals surface area (Å²) in [5.41, 5.74) is 0.904. The van der Waals surface area contributed by atoms with Crippen LogP contribution < -0.4 is 0 Å². The van der Waals surface area contributed by atoms with Crippen molar-refractivity contribution in [1.29, 1.82) is 0 Å². The number of rotatable bonds is 1. The molecule has 0 saturated heterocycles. The molecule has 4 nitrogen and oxygen atoms in total. The molecule has 0 radical (unpaired) electrons. The molecule has 2 aromatic rings. The predicted octanol–water partition coefficient (Wildman–Crippen LogP) is 3.01. The van der Waals surface area contributed by atoms with Gasteiger partial charge in [-0.05, 0) is 23.1 Å². The molecular weight excluding hydrogens is 252 g/mol. The minimum absolute atomic E-state index is 0.0412. The molecule has 2 heterocycles. The monoisotopic (exact) mass is 260 g/mol. The van der Waals surface area contributed by atoms with Gasteiger partial charge in [0, 0.05) is 5.41 Å². The summed E-state index contributed by atoms with van der Waals surface area (Å²) in [5.74, 6) is 0. The molecule has 80 valence electrons. The molecular formula is C8H9ClN4S2. The molecule has 0 bridgehead atoms. The molecule has 15 heavy (non-hydrogen) atoms. The molecule has 0 aromatic carbocycles. The van der Waals surface area contributed by atoms with E-state index in [-0.39, 0.29) is 5.41 Å². The highest BCUT2D eigenvalue weighted by Crippen LogP contribution is 2.36. The maximum absolute atomic E-state index is 5.75. The van der Waals surface area contributed by atoms with Crippen LogP contribution in [-0.4, -0.2) is 19.8 Å². The Hall–Kier alpha value is -0.590. The van der Waals surface area contributed by atoms with E-state index >= 15 is 0 Å². The molecule has 7 heteroatoms. The van der Waals surface area contributed by atoms with Crippen molar-refractivity contribution in [3.8, 4) is 9.88 Å². The van der Waals surface area contributed by atoms with E-state index in [2.05, 4.69) is 40.6 Å². The van der Waals surface area contributed by atoms with Gasteiger partial charge in [-0.1, -0.05) is 36.6 Å². The number of hydrogen-bond donors (Lipinski definition) is 0. The van der Waals surface area contributed by atoms with Crippen molar-refractivity contribution in [2.45, 2.75) is 26.2 Å². The molecule has 0 spiro atoms. The molecule has 0 aliphatic rings. The highest BCUT2D eigenvalue weighted by molar-refractivity contribution is 7.21. The van der Waals surface area contributed by atoms with Gasteiger partial charge in [0.15, 0.2) is 5.01 Å². The second-order valence-corrected chi connectivity index (χ2v) is 6.37. The van der Waals surface area contributed by atoms with Crippen LogP contribution in [0, 0.1) is 0 Å². The molecule has 0 amide bonds. The molecule has 2 aromatic heterocycles. The second kappa shape index (κ2) is 3.77. The predicted molar refractivity (Wildman–Crippen MR) is 62.5 cm³/mol. The minimum atomic E-state index is -0.0412. The quantitative estimate of drug-likeness (QED) is 0.791. The fraction of sp³-hybridized carbons (Fsp3) is 0.500. The van der Waals surface area contributed by atoms with E-state index in [1.54, 1.807) is 0 Å². The van der Waals surface area contributed by atoms with Crippen LogP contribution in [0.15, 0.2) is 0 Å². The van der Waals surface area contributed by atoms with Crippen LogP contribution in [0.25, 0.3) is 9.88 Å². The van der Waals surface area contributed by atoms with Crippen LogP contribution in [0.5, 0.6) is 0 Å². The Bertz CT molecular complexity index is 471. The van der Waals surface area contributed by atoms with Crippen molar-refractivity contribution < 1.29 is 0 Å². The van der Waals surface area contributed by atoms with Gasteiger partial charge in [-0.15, -0.1) is 15.3 Å². The smallest absolute Gasteiger partial charge is 0.142 e. The molecule has 0 unspecified atom stereocenters. The summed E-state index contributed by atoms with van der Waals surface area (Å²) in [7, 11) is 0. The Morgan fingerprint density at radius 1 is 1.13 bits per heavy atom. The maximum atomic E-state index is 5.75. The average Bonchev–Trinajstić information content (AvgIpc) is 2.68. The van der Waals surface area contributed by atoms with Crippen LogP contribution in [0.2, 0.25) is 4.47 Å². The fourth-order valence-electron chi connectivity index (χ4n) is 1.12. The van der Waals surface area contributed by atoms with Crippen molar-refractivity contribution >= 4 is 34.5 Å². The van der Waals surface area contributed by atoms with Crippen molar-refractivity contribution in [3.63, 3.8) is 0 Å². The van der Waals surface area contributed by atoms with Gasteiger partial charge >= 0.3 is 0 Å². The Morgan fingerprint density at radius 2 is 1.87 bits per heavy atom. The van der Waals surface area contributed by atoms with E-state index in [0.717, 1.165) is 15.6 Å². The summed E-state index contributed by atoms with van der Waals surface area (Å²) >= 11 is 8.43. The summed E-state index contributed by atoms with van der Waals surface area (Å²) in [6.45, 7) is 6.28. The van der Waals surface area contributed by atoms with Crippen LogP contribution in [-0.2, 0) is 5.41 Å². The van der Waals surface area contributed by atoms with Gasteiger partial charge in [-0.25, -0.2) is 0 Å². The summed E-state index contributed by atoms with van der Waals surface area (Å²) in [4.78, 5) is 0.965. The zero-order valence-corrected chi connectivity index (χ0v) is 10.9. The molecule has 0 saturated carbocycles. The van der Waals surface area contributed by atoms with Crippen molar-refractivity contribution in [2.24, 2.45) is 0 Å². The topological polar surface area (TPSA) is 51.6 Å². The minimum Gasteiger partial charge on any atom is -0.142 e. The van der Waals surface area contributed by atoms with Gasteiger partial charge in [-0.2, -0.15) is 0 Å². The molecule has 0 atom stereocenters. The number of nitrogens with zero attached hydrogens (tertiary/aromatic N) is 4. The van der Waals surface area contributed by atoms with Gasteiger partial charge in [0.1, 0.15) is 4.88 Å². The number of hydrogen-bond acceptors (Lipinski definition) is 6. The van der Waals surface area contributed by atoms with Crippen molar-refractivity contribution in [1.82, 2.24) is 19.8 Å². The maximum Gasteiger partial charge on any atom is 0.207 e. The third kappa shape index (κ3) is 2.16. The normalized spacial score (nSPS) is 12.0. The molecule has 0 aliphatic heterocycles. The van der Waals surface area contributed by atoms with Crippen molar-refractivity contribution in [2.75, 3.05) is 0 Å². The van der Waals surface area contributed by atoms with E-state index in [1.165, 1.54) is 22.9 Å².